The number of benzene rings is 2. The first kappa shape index (κ1) is 17.1. The molecule has 0 unspecified atom stereocenters. The number of nitrogens with two attached hydrogens (primary N) is 1. The van der Waals surface area contributed by atoms with Gasteiger partial charge in [0.2, 0.25) is 0 Å². The number of ether oxygens (including phenoxy) is 1. The molecule has 0 amide bonds. The van der Waals surface area contributed by atoms with Crippen LogP contribution in [0.3, 0.4) is 0 Å². The molecule has 0 aliphatic carbocycles. The van der Waals surface area contributed by atoms with Gasteiger partial charge in [0.15, 0.2) is 0 Å². The lowest BCUT2D eigenvalue weighted by molar-refractivity contribution is -0.660. The quantitative estimate of drug-likeness (QED) is 0.643. The highest BCUT2D eigenvalue weighted by Crippen LogP contribution is 2.27. The smallest absolute Gasteiger partial charge is 0.149 e. The van der Waals surface area contributed by atoms with Crippen molar-refractivity contribution >= 4 is 0 Å². The molecule has 23 heavy (non-hydrogen) atoms. The first-order valence-electron chi connectivity index (χ1n) is 8.21. The molecule has 0 fully saturated rings. The van der Waals surface area contributed by atoms with Gasteiger partial charge in [-0.2, -0.15) is 0 Å². The van der Waals surface area contributed by atoms with Crippen molar-refractivity contribution in [2.45, 2.75) is 33.2 Å². The highest BCUT2D eigenvalue weighted by molar-refractivity contribution is 5.39. The molecule has 0 bridgehead atoms. The van der Waals surface area contributed by atoms with Crippen LogP contribution in [-0.4, -0.2) is 13.2 Å². The molecule has 2 N–H and O–H groups in total. The van der Waals surface area contributed by atoms with E-state index in [1.54, 1.807) is 0 Å². The summed E-state index contributed by atoms with van der Waals surface area (Å²) in [7, 11) is 0. The van der Waals surface area contributed by atoms with E-state index in [-0.39, 0.29) is 0 Å². The molecule has 0 aliphatic rings. The van der Waals surface area contributed by atoms with E-state index in [0.717, 1.165) is 18.8 Å². The highest BCUT2D eigenvalue weighted by Gasteiger charge is 2.07. The van der Waals surface area contributed by atoms with E-state index in [9.17, 15) is 0 Å². The fourth-order valence-electron chi connectivity index (χ4n) is 2.41. The Hall–Kier alpha value is -2.24. The van der Waals surface area contributed by atoms with E-state index in [0.29, 0.717) is 12.5 Å². The van der Waals surface area contributed by atoms with E-state index < -0.39 is 0 Å². The third-order valence-corrected chi connectivity index (χ3v) is 3.69. The molecule has 0 aliphatic heterocycles. The zero-order chi connectivity index (χ0) is 16.5. The Kier molecular flexibility index (Phi) is 6.72. The van der Waals surface area contributed by atoms with E-state index in [4.69, 9.17) is 4.74 Å². The second kappa shape index (κ2) is 9.02. The van der Waals surface area contributed by atoms with Gasteiger partial charge in [-0.25, -0.2) is 0 Å². The van der Waals surface area contributed by atoms with E-state index in [2.05, 4.69) is 80.4 Å². The fraction of sp³-hybridized carbons (Fsp3) is 0.333. The normalized spacial score (nSPS) is 10.3. The molecule has 0 aromatic heterocycles. The second-order valence-electron chi connectivity index (χ2n) is 6.02. The van der Waals surface area contributed by atoms with Crippen molar-refractivity contribution in [1.29, 1.82) is 0 Å². The first-order valence-corrected chi connectivity index (χ1v) is 8.21. The summed E-state index contributed by atoms with van der Waals surface area (Å²) in [6.07, 6.45) is 0. The maximum atomic E-state index is 5.86. The summed E-state index contributed by atoms with van der Waals surface area (Å²) in [5.74, 6) is 7.68. The molecule has 0 radical (unpaired) electrons. The summed E-state index contributed by atoms with van der Waals surface area (Å²) in [4.78, 5) is 0. The maximum absolute atomic E-state index is 5.86. The third kappa shape index (κ3) is 5.81. The zero-order valence-electron chi connectivity index (χ0n) is 14.3. The number of rotatable bonds is 6. The van der Waals surface area contributed by atoms with Gasteiger partial charge in [-0.15, -0.1) is 0 Å². The van der Waals surface area contributed by atoms with E-state index in [1.165, 1.54) is 16.7 Å². The van der Waals surface area contributed by atoms with Crippen LogP contribution < -0.4 is 10.1 Å². The molecule has 2 nitrogen and oxygen atoms in total. The van der Waals surface area contributed by atoms with Gasteiger partial charge in [-0.1, -0.05) is 62.2 Å². The average molecular weight is 308 g/mol. The maximum Gasteiger partial charge on any atom is 0.149 e. The van der Waals surface area contributed by atoms with Crippen LogP contribution in [-0.2, 0) is 6.54 Å². The molecule has 2 heteroatoms. The summed E-state index contributed by atoms with van der Waals surface area (Å²) in [5, 5.41) is 2.20. The van der Waals surface area contributed by atoms with Crippen molar-refractivity contribution in [1.82, 2.24) is 0 Å². The zero-order valence-corrected chi connectivity index (χ0v) is 14.3. The van der Waals surface area contributed by atoms with Crippen molar-refractivity contribution in [3.05, 3.63) is 65.2 Å². The molecule has 0 saturated heterocycles. The summed E-state index contributed by atoms with van der Waals surface area (Å²) in [5.41, 5.74) is 3.79. The summed E-state index contributed by atoms with van der Waals surface area (Å²) in [6, 6.07) is 16.8. The van der Waals surface area contributed by atoms with Gasteiger partial charge in [0.05, 0.1) is 0 Å². The number of quaternary nitrogens is 1. The monoisotopic (exact) mass is 308 g/mol. The number of hydrogen-bond acceptors (Lipinski definition) is 1. The molecule has 0 spiro atoms. The Morgan fingerprint density at radius 1 is 1.04 bits per heavy atom. The van der Waals surface area contributed by atoms with Gasteiger partial charge < -0.3 is 10.1 Å². The molecule has 120 valence electrons. The van der Waals surface area contributed by atoms with Gasteiger partial charge in [-0.3, -0.25) is 0 Å². The molecular formula is C21H26NO+. The molecule has 2 rings (SSSR count). The molecule has 0 atom stereocenters. The lowest BCUT2D eigenvalue weighted by atomic mass is 10.0. The lowest BCUT2D eigenvalue weighted by Gasteiger charge is -2.13. The third-order valence-electron chi connectivity index (χ3n) is 3.69. The van der Waals surface area contributed by atoms with Gasteiger partial charge >= 0.3 is 0 Å². The highest BCUT2D eigenvalue weighted by atomic mass is 16.5. The van der Waals surface area contributed by atoms with Crippen LogP contribution in [0.2, 0.25) is 0 Å². The van der Waals surface area contributed by atoms with Crippen LogP contribution >= 0.6 is 0 Å². The van der Waals surface area contributed by atoms with Crippen molar-refractivity contribution in [3.63, 3.8) is 0 Å². The molecular weight excluding hydrogens is 282 g/mol. The van der Waals surface area contributed by atoms with Crippen LogP contribution in [0.15, 0.2) is 48.5 Å². The fourth-order valence-corrected chi connectivity index (χ4v) is 2.41. The first-order chi connectivity index (χ1) is 11.2. The summed E-state index contributed by atoms with van der Waals surface area (Å²) in [6.45, 7) is 8.65. The van der Waals surface area contributed by atoms with Crippen molar-refractivity contribution in [3.8, 4) is 17.6 Å². The Morgan fingerprint density at radius 2 is 1.83 bits per heavy atom. The Balaban J connectivity index is 1.76. The summed E-state index contributed by atoms with van der Waals surface area (Å²) >= 11 is 0. The average Bonchev–Trinajstić information content (AvgIpc) is 2.54. The molecule has 0 heterocycles. The molecule has 2 aromatic carbocycles. The Labute approximate surface area is 139 Å². The minimum Gasteiger partial charge on any atom is -0.481 e. The number of aryl methyl sites for hydroxylation is 1. The van der Waals surface area contributed by atoms with Gasteiger partial charge in [-0.05, 0) is 36.0 Å². The predicted molar refractivity (Wildman–Crippen MR) is 95.5 cm³/mol. The summed E-state index contributed by atoms with van der Waals surface area (Å²) < 4.78 is 5.86. The Bertz CT molecular complexity index is 665. The van der Waals surface area contributed by atoms with Gasteiger partial charge in [0.25, 0.3) is 0 Å². The van der Waals surface area contributed by atoms with Gasteiger partial charge in [0, 0.05) is 5.56 Å². The molecule has 0 saturated carbocycles. The minimum atomic E-state index is 0.447. The van der Waals surface area contributed by atoms with Gasteiger partial charge in [0.1, 0.15) is 25.4 Å². The van der Waals surface area contributed by atoms with Crippen LogP contribution in [0.5, 0.6) is 5.75 Å². The van der Waals surface area contributed by atoms with Crippen molar-refractivity contribution in [2.75, 3.05) is 13.2 Å². The minimum absolute atomic E-state index is 0.447. The standard InChI is InChI=1S/C21H25NO/c1-17(2)20-12-11-18(3)15-21(20)23-14-8-7-13-22-16-19-9-5-4-6-10-19/h4-6,9-12,15,17,22H,13-14,16H2,1-3H3/p+1. The van der Waals surface area contributed by atoms with Crippen LogP contribution in [0.1, 0.15) is 36.5 Å². The van der Waals surface area contributed by atoms with Crippen LogP contribution in [0, 0.1) is 18.8 Å². The van der Waals surface area contributed by atoms with Crippen LogP contribution in [0.25, 0.3) is 0 Å². The molecule has 2 aromatic rings. The van der Waals surface area contributed by atoms with Crippen molar-refractivity contribution < 1.29 is 10.1 Å². The SMILES string of the molecule is Cc1ccc(C(C)C)c(OCC#CC[NH2+]Cc2ccccc2)c1. The van der Waals surface area contributed by atoms with Crippen LogP contribution in [0.4, 0.5) is 0 Å². The Morgan fingerprint density at radius 3 is 2.57 bits per heavy atom. The van der Waals surface area contributed by atoms with E-state index >= 15 is 0 Å². The topological polar surface area (TPSA) is 25.8 Å². The largest absolute Gasteiger partial charge is 0.481 e. The van der Waals surface area contributed by atoms with E-state index in [1.807, 2.05) is 6.07 Å². The predicted octanol–water partition coefficient (Wildman–Crippen LogP) is 3.26. The number of hydrogen-bond donors (Lipinski definition) is 1. The second-order valence-corrected chi connectivity index (χ2v) is 6.02. The lowest BCUT2D eigenvalue weighted by Crippen LogP contribution is -2.82. The van der Waals surface area contributed by atoms with Crippen molar-refractivity contribution in [2.24, 2.45) is 0 Å².